The third-order valence-corrected chi connectivity index (χ3v) is 4.59. The SMILES string of the molecule is CC(C)c1nnc2sc(Cc3ccc4c(c3)OCC4)nn12. The summed E-state index contributed by atoms with van der Waals surface area (Å²) in [6.07, 6.45) is 1.83. The molecule has 0 saturated heterocycles. The third-order valence-electron chi connectivity index (χ3n) is 3.69. The molecule has 4 rings (SSSR count). The lowest BCUT2D eigenvalue weighted by Gasteiger charge is -2.02. The van der Waals surface area contributed by atoms with Crippen LogP contribution in [0.4, 0.5) is 0 Å². The summed E-state index contributed by atoms with van der Waals surface area (Å²) in [5, 5.41) is 14.1. The zero-order valence-electron chi connectivity index (χ0n) is 12.0. The Labute approximate surface area is 126 Å². The van der Waals surface area contributed by atoms with Gasteiger partial charge in [0.25, 0.3) is 0 Å². The lowest BCUT2D eigenvalue weighted by Crippen LogP contribution is -1.99. The van der Waals surface area contributed by atoms with Crippen LogP contribution in [0, 0.1) is 0 Å². The van der Waals surface area contributed by atoms with E-state index in [1.165, 1.54) is 11.1 Å². The van der Waals surface area contributed by atoms with Gasteiger partial charge in [0, 0.05) is 18.8 Å². The fourth-order valence-corrected chi connectivity index (χ4v) is 3.47. The molecule has 1 aromatic carbocycles. The van der Waals surface area contributed by atoms with Crippen molar-refractivity contribution >= 4 is 16.3 Å². The zero-order chi connectivity index (χ0) is 14.4. The van der Waals surface area contributed by atoms with Gasteiger partial charge in [-0.1, -0.05) is 37.3 Å². The Morgan fingerprint density at radius 2 is 2.24 bits per heavy atom. The highest BCUT2D eigenvalue weighted by atomic mass is 32.1. The summed E-state index contributed by atoms with van der Waals surface area (Å²) >= 11 is 1.60. The molecule has 0 amide bonds. The molecule has 6 heteroatoms. The van der Waals surface area contributed by atoms with Crippen LogP contribution in [0.15, 0.2) is 18.2 Å². The number of nitrogens with zero attached hydrogens (tertiary/aromatic N) is 4. The number of aromatic nitrogens is 4. The molecule has 1 aliphatic rings. The normalized spacial score (nSPS) is 13.9. The van der Waals surface area contributed by atoms with E-state index >= 15 is 0 Å². The van der Waals surface area contributed by atoms with Gasteiger partial charge in [-0.15, -0.1) is 10.2 Å². The van der Waals surface area contributed by atoms with E-state index in [-0.39, 0.29) is 0 Å². The van der Waals surface area contributed by atoms with Gasteiger partial charge in [0.15, 0.2) is 5.82 Å². The van der Waals surface area contributed by atoms with Gasteiger partial charge < -0.3 is 4.74 Å². The summed E-state index contributed by atoms with van der Waals surface area (Å²) in [4.78, 5) is 0.867. The van der Waals surface area contributed by atoms with Gasteiger partial charge in [-0.05, 0) is 17.2 Å². The van der Waals surface area contributed by atoms with E-state index < -0.39 is 0 Å². The molecule has 0 fully saturated rings. The van der Waals surface area contributed by atoms with Gasteiger partial charge in [-0.3, -0.25) is 0 Å². The van der Waals surface area contributed by atoms with Crippen molar-refractivity contribution < 1.29 is 4.74 Å². The van der Waals surface area contributed by atoms with Gasteiger partial charge in [0.1, 0.15) is 10.8 Å². The summed E-state index contributed by atoms with van der Waals surface area (Å²) in [5.41, 5.74) is 2.53. The molecule has 0 atom stereocenters. The van der Waals surface area contributed by atoms with Crippen LogP contribution in [-0.2, 0) is 12.8 Å². The Bertz CT molecular complexity index is 805. The summed E-state index contributed by atoms with van der Waals surface area (Å²) in [6.45, 7) is 5.01. The highest BCUT2D eigenvalue weighted by Crippen LogP contribution is 2.28. The van der Waals surface area contributed by atoms with Crippen molar-refractivity contribution in [3.63, 3.8) is 0 Å². The maximum atomic E-state index is 5.63. The second-order valence-electron chi connectivity index (χ2n) is 5.62. The molecule has 3 heterocycles. The third kappa shape index (κ3) is 2.19. The molecule has 1 aliphatic heterocycles. The van der Waals surface area contributed by atoms with Crippen LogP contribution in [0.25, 0.3) is 4.96 Å². The van der Waals surface area contributed by atoms with Crippen LogP contribution >= 0.6 is 11.3 Å². The Hall–Kier alpha value is -1.95. The molecule has 21 heavy (non-hydrogen) atoms. The molecule has 108 valence electrons. The molecule has 0 saturated carbocycles. The van der Waals surface area contributed by atoms with Gasteiger partial charge in [-0.2, -0.15) is 9.61 Å². The van der Waals surface area contributed by atoms with E-state index in [4.69, 9.17) is 4.74 Å². The fraction of sp³-hybridized carbons (Fsp3) is 0.400. The molecular formula is C15H16N4OS. The van der Waals surface area contributed by atoms with Crippen LogP contribution in [0.5, 0.6) is 5.75 Å². The summed E-state index contributed by atoms with van der Waals surface area (Å²) < 4.78 is 7.50. The van der Waals surface area contributed by atoms with Gasteiger partial charge in [0.2, 0.25) is 4.96 Å². The first-order valence-corrected chi connectivity index (χ1v) is 7.98. The second-order valence-corrected chi connectivity index (χ2v) is 6.66. The highest BCUT2D eigenvalue weighted by molar-refractivity contribution is 7.16. The maximum Gasteiger partial charge on any atom is 0.234 e. The maximum absolute atomic E-state index is 5.63. The topological polar surface area (TPSA) is 52.3 Å². The molecule has 2 aromatic heterocycles. The Morgan fingerprint density at radius 3 is 3.10 bits per heavy atom. The van der Waals surface area contributed by atoms with E-state index in [9.17, 15) is 0 Å². The molecule has 0 radical (unpaired) electrons. The monoisotopic (exact) mass is 300 g/mol. The van der Waals surface area contributed by atoms with Crippen molar-refractivity contribution in [3.8, 4) is 5.75 Å². The predicted molar refractivity (Wildman–Crippen MR) is 81.2 cm³/mol. The minimum Gasteiger partial charge on any atom is -0.493 e. The first kappa shape index (κ1) is 12.8. The number of rotatable bonds is 3. The van der Waals surface area contributed by atoms with Crippen molar-refractivity contribution in [1.82, 2.24) is 19.8 Å². The molecule has 0 spiro atoms. The minimum absolute atomic E-state index is 0.323. The smallest absolute Gasteiger partial charge is 0.234 e. The van der Waals surface area contributed by atoms with E-state index in [0.29, 0.717) is 5.92 Å². The average Bonchev–Trinajstić information content (AvgIpc) is 3.11. The number of ether oxygens (including phenoxy) is 1. The van der Waals surface area contributed by atoms with Crippen molar-refractivity contribution in [1.29, 1.82) is 0 Å². The van der Waals surface area contributed by atoms with Crippen LogP contribution in [-0.4, -0.2) is 26.4 Å². The molecule has 0 unspecified atom stereocenters. The summed E-state index contributed by atoms with van der Waals surface area (Å²) in [5.74, 6) is 2.27. The van der Waals surface area contributed by atoms with E-state index in [2.05, 4.69) is 47.3 Å². The number of hydrogen-bond donors (Lipinski definition) is 0. The lowest BCUT2D eigenvalue weighted by atomic mass is 10.1. The Kier molecular flexibility index (Phi) is 2.92. The second kappa shape index (κ2) is 4.80. The molecule has 5 nitrogen and oxygen atoms in total. The molecule has 3 aromatic rings. The zero-order valence-corrected chi connectivity index (χ0v) is 12.9. The summed E-state index contributed by atoms with van der Waals surface area (Å²) in [6, 6.07) is 6.46. The van der Waals surface area contributed by atoms with Crippen molar-refractivity contribution in [2.45, 2.75) is 32.6 Å². The predicted octanol–water partition coefficient (Wildman–Crippen LogP) is 2.83. The van der Waals surface area contributed by atoms with Crippen LogP contribution < -0.4 is 4.74 Å². The molecular weight excluding hydrogens is 284 g/mol. The number of benzene rings is 1. The average molecular weight is 300 g/mol. The summed E-state index contributed by atoms with van der Waals surface area (Å²) in [7, 11) is 0. The molecule has 0 N–H and O–H groups in total. The van der Waals surface area contributed by atoms with Crippen LogP contribution in [0.2, 0.25) is 0 Å². The molecule has 0 aliphatic carbocycles. The van der Waals surface area contributed by atoms with E-state index in [0.717, 1.165) is 41.0 Å². The van der Waals surface area contributed by atoms with Gasteiger partial charge in [-0.25, -0.2) is 0 Å². The largest absolute Gasteiger partial charge is 0.493 e. The van der Waals surface area contributed by atoms with Gasteiger partial charge >= 0.3 is 0 Å². The fourth-order valence-electron chi connectivity index (χ4n) is 2.60. The standard InChI is InChI=1S/C15H16N4OS/c1-9(2)14-16-17-15-19(14)18-13(21-15)8-10-3-4-11-5-6-20-12(11)7-10/h3-4,7,9H,5-6,8H2,1-2H3. The Morgan fingerprint density at radius 1 is 1.33 bits per heavy atom. The first-order chi connectivity index (χ1) is 10.2. The van der Waals surface area contributed by atoms with E-state index in [1.807, 2.05) is 4.52 Å². The van der Waals surface area contributed by atoms with Crippen molar-refractivity contribution in [2.75, 3.05) is 6.61 Å². The van der Waals surface area contributed by atoms with Crippen LogP contribution in [0.1, 0.15) is 41.7 Å². The Balaban J connectivity index is 1.65. The van der Waals surface area contributed by atoms with Crippen molar-refractivity contribution in [2.24, 2.45) is 0 Å². The minimum atomic E-state index is 0.323. The first-order valence-electron chi connectivity index (χ1n) is 7.16. The molecule has 0 bridgehead atoms. The quantitative estimate of drug-likeness (QED) is 0.746. The van der Waals surface area contributed by atoms with Gasteiger partial charge in [0.05, 0.1) is 6.61 Å². The van der Waals surface area contributed by atoms with E-state index in [1.54, 1.807) is 11.3 Å². The number of hydrogen-bond acceptors (Lipinski definition) is 5. The van der Waals surface area contributed by atoms with Crippen LogP contribution in [0.3, 0.4) is 0 Å². The number of fused-ring (bicyclic) bond motifs is 2. The highest BCUT2D eigenvalue weighted by Gasteiger charge is 2.16. The van der Waals surface area contributed by atoms with Crippen molar-refractivity contribution in [3.05, 3.63) is 40.2 Å². The lowest BCUT2D eigenvalue weighted by molar-refractivity contribution is 0.356.